The third kappa shape index (κ3) is 15.8. The van der Waals surface area contributed by atoms with E-state index in [1.807, 2.05) is 0 Å². The van der Waals surface area contributed by atoms with Crippen molar-refractivity contribution in [2.24, 2.45) is 0 Å². The molecule has 0 aromatic carbocycles. The third-order valence-electron chi connectivity index (χ3n) is 4.22. The first-order valence-electron chi connectivity index (χ1n) is 9.76. The highest BCUT2D eigenvalue weighted by Crippen LogP contribution is 2.08. The number of rotatable bonds is 17. The summed E-state index contributed by atoms with van der Waals surface area (Å²) in [5.74, 6) is -0.313. The molecule has 0 bridgehead atoms. The highest BCUT2D eigenvalue weighted by atomic mass is 16.5. The van der Waals surface area contributed by atoms with Gasteiger partial charge in [0.15, 0.2) is 0 Å². The maximum Gasteiger partial charge on any atom is 0.330 e. The van der Waals surface area contributed by atoms with Crippen molar-refractivity contribution in [1.82, 2.24) is 4.90 Å². The lowest BCUT2D eigenvalue weighted by atomic mass is 10.1. The maximum absolute atomic E-state index is 11.1. The normalized spacial score (nSPS) is 10.9. The van der Waals surface area contributed by atoms with Gasteiger partial charge in [-0.1, -0.05) is 78.2 Å². The van der Waals surface area contributed by atoms with Crippen LogP contribution in [0.2, 0.25) is 0 Å². The summed E-state index contributed by atoms with van der Waals surface area (Å²) >= 11 is 0. The van der Waals surface area contributed by atoms with E-state index in [1.165, 1.54) is 76.7 Å². The zero-order valence-corrected chi connectivity index (χ0v) is 15.7. The molecule has 0 atom stereocenters. The van der Waals surface area contributed by atoms with Crippen molar-refractivity contribution < 1.29 is 9.53 Å². The molecule has 136 valence electrons. The molecular formula is C20H39NO2. The Morgan fingerprint density at radius 1 is 0.826 bits per heavy atom. The fraction of sp³-hybridized carbons (Fsp3) is 0.850. The van der Waals surface area contributed by atoms with Gasteiger partial charge >= 0.3 is 5.97 Å². The van der Waals surface area contributed by atoms with Crippen LogP contribution >= 0.6 is 0 Å². The number of nitrogens with zero attached hydrogens (tertiary/aromatic N) is 1. The first-order valence-corrected chi connectivity index (χ1v) is 9.76. The molecule has 0 N–H and O–H groups in total. The second kappa shape index (κ2) is 17.5. The Morgan fingerprint density at radius 3 is 1.78 bits per heavy atom. The van der Waals surface area contributed by atoms with Gasteiger partial charge in [-0.2, -0.15) is 0 Å². The minimum absolute atomic E-state index is 0.313. The lowest BCUT2D eigenvalue weighted by Gasteiger charge is -2.22. The van der Waals surface area contributed by atoms with Gasteiger partial charge in [0.05, 0.1) is 0 Å². The third-order valence-corrected chi connectivity index (χ3v) is 4.22. The molecule has 0 aromatic rings. The monoisotopic (exact) mass is 325 g/mol. The predicted molar refractivity (Wildman–Crippen MR) is 99.7 cm³/mol. The molecule has 3 nitrogen and oxygen atoms in total. The van der Waals surface area contributed by atoms with Crippen LogP contribution in [0.5, 0.6) is 0 Å². The van der Waals surface area contributed by atoms with Gasteiger partial charge in [0.1, 0.15) is 6.61 Å². The van der Waals surface area contributed by atoms with Crippen LogP contribution in [0.1, 0.15) is 84.5 Å². The Kier molecular flexibility index (Phi) is 16.9. The molecule has 0 amide bonds. The molecule has 0 aromatic heterocycles. The Hall–Kier alpha value is -0.830. The van der Waals surface area contributed by atoms with Gasteiger partial charge in [0.2, 0.25) is 0 Å². The molecule has 0 saturated heterocycles. The zero-order chi connectivity index (χ0) is 17.2. The van der Waals surface area contributed by atoms with E-state index < -0.39 is 0 Å². The zero-order valence-electron chi connectivity index (χ0n) is 15.7. The first-order chi connectivity index (χ1) is 11.2. The number of hydrogen-bond acceptors (Lipinski definition) is 3. The molecule has 0 radical (unpaired) electrons. The smallest absolute Gasteiger partial charge is 0.330 e. The first kappa shape index (κ1) is 22.2. The summed E-state index contributed by atoms with van der Waals surface area (Å²) < 4.78 is 5.13. The van der Waals surface area contributed by atoms with Crippen LogP contribution in [-0.4, -0.2) is 37.1 Å². The summed E-state index contributed by atoms with van der Waals surface area (Å²) in [6.07, 6.45) is 15.7. The summed E-state index contributed by atoms with van der Waals surface area (Å²) in [5, 5.41) is 0. The molecule has 0 aliphatic carbocycles. The highest BCUT2D eigenvalue weighted by Gasteiger charge is 2.06. The lowest BCUT2D eigenvalue weighted by molar-refractivity contribution is -0.138. The van der Waals surface area contributed by atoms with Crippen LogP contribution in [0.15, 0.2) is 12.7 Å². The van der Waals surface area contributed by atoms with E-state index in [2.05, 4.69) is 25.3 Å². The number of ether oxygens (including phenoxy) is 1. The average Bonchev–Trinajstić information content (AvgIpc) is 2.56. The van der Waals surface area contributed by atoms with Gasteiger partial charge in [-0.25, -0.2) is 4.79 Å². The van der Waals surface area contributed by atoms with Crippen molar-refractivity contribution in [1.29, 1.82) is 0 Å². The van der Waals surface area contributed by atoms with Gasteiger partial charge in [0.25, 0.3) is 0 Å². The number of carbonyl (C=O) groups is 1. The molecule has 0 heterocycles. The van der Waals surface area contributed by atoms with E-state index in [-0.39, 0.29) is 5.97 Å². The van der Waals surface area contributed by atoms with Crippen LogP contribution in [0.3, 0.4) is 0 Å². The van der Waals surface area contributed by atoms with Crippen LogP contribution < -0.4 is 0 Å². The summed E-state index contributed by atoms with van der Waals surface area (Å²) in [6, 6.07) is 0. The Morgan fingerprint density at radius 2 is 1.30 bits per heavy atom. The molecule has 0 unspecified atom stereocenters. The average molecular weight is 326 g/mol. The number of carbonyl (C=O) groups excluding carboxylic acids is 1. The van der Waals surface area contributed by atoms with E-state index in [0.29, 0.717) is 6.61 Å². The second-order valence-corrected chi connectivity index (χ2v) is 6.40. The summed E-state index contributed by atoms with van der Waals surface area (Å²) in [5.41, 5.74) is 0. The Bertz CT molecular complexity index is 279. The van der Waals surface area contributed by atoms with Crippen molar-refractivity contribution in [3.8, 4) is 0 Å². The standard InChI is InChI=1S/C20H39NO2/c1-4-7-9-11-13-15-17-21(16-14-12-10-8-5-2)18-19-23-20(22)6-3/h6H,3-5,7-19H2,1-2H3. The van der Waals surface area contributed by atoms with Crippen molar-refractivity contribution in [3.05, 3.63) is 12.7 Å². The van der Waals surface area contributed by atoms with Crippen molar-refractivity contribution in [2.45, 2.75) is 84.5 Å². The molecular weight excluding hydrogens is 286 g/mol. The van der Waals surface area contributed by atoms with Crippen molar-refractivity contribution in [2.75, 3.05) is 26.2 Å². The van der Waals surface area contributed by atoms with E-state index in [0.717, 1.165) is 19.6 Å². The van der Waals surface area contributed by atoms with Crippen LogP contribution in [0.25, 0.3) is 0 Å². The van der Waals surface area contributed by atoms with E-state index in [9.17, 15) is 4.79 Å². The Balaban J connectivity index is 3.85. The van der Waals surface area contributed by atoms with Crippen LogP contribution in [-0.2, 0) is 9.53 Å². The van der Waals surface area contributed by atoms with Crippen molar-refractivity contribution in [3.63, 3.8) is 0 Å². The number of hydrogen-bond donors (Lipinski definition) is 0. The summed E-state index contributed by atoms with van der Waals surface area (Å²) in [4.78, 5) is 13.6. The maximum atomic E-state index is 11.1. The highest BCUT2D eigenvalue weighted by molar-refractivity contribution is 5.81. The van der Waals surface area contributed by atoms with Gasteiger partial charge < -0.3 is 4.74 Å². The van der Waals surface area contributed by atoms with E-state index in [4.69, 9.17) is 4.74 Å². The van der Waals surface area contributed by atoms with Crippen molar-refractivity contribution >= 4 is 5.97 Å². The van der Waals surface area contributed by atoms with E-state index in [1.54, 1.807) is 0 Å². The molecule has 0 aliphatic rings. The second-order valence-electron chi connectivity index (χ2n) is 6.40. The SMILES string of the molecule is C=CC(=O)OCCN(CCCCCCC)CCCCCCCC. The Labute approximate surface area is 144 Å². The largest absolute Gasteiger partial charge is 0.461 e. The van der Waals surface area contributed by atoms with Crippen LogP contribution in [0.4, 0.5) is 0 Å². The van der Waals surface area contributed by atoms with Crippen LogP contribution in [0, 0.1) is 0 Å². The minimum Gasteiger partial charge on any atom is -0.461 e. The molecule has 0 spiro atoms. The molecule has 0 fully saturated rings. The van der Waals surface area contributed by atoms with Gasteiger partial charge in [-0.3, -0.25) is 4.90 Å². The molecule has 23 heavy (non-hydrogen) atoms. The molecule has 0 aliphatic heterocycles. The van der Waals surface area contributed by atoms with Gasteiger partial charge in [-0.05, 0) is 25.9 Å². The quantitative estimate of drug-likeness (QED) is 0.205. The summed E-state index contributed by atoms with van der Waals surface area (Å²) in [7, 11) is 0. The van der Waals surface area contributed by atoms with Gasteiger partial charge in [0, 0.05) is 12.6 Å². The lowest BCUT2D eigenvalue weighted by Crippen LogP contribution is -2.30. The molecule has 0 rings (SSSR count). The molecule has 0 saturated carbocycles. The topological polar surface area (TPSA) is 29.5 Å². The van der Waals surface area contributed by atoms with Gasteiger partial charge in [-0.15, -0.1) is 0 Å². The number of unbranched alkanes of at least 4 members (excludes halogenated alkanes) is 9. The fourth-order valence-electron chi connectivity index (χ4n) is 2.72. The van der Waals surface area contributed by atoms with E-state index >= 15 is 0 Å². The molecule has 3 heteroatoms. The predicted octanol–water partition coefficient (Wildman–Crippen LogP) is 5.35. The number of esters is 1. The summed E-state index contributed by atoms with van der Waals surface area (Å²) in [6.45, 7) is 11.5. The fourth-order valence-corrected chi connectivity index (χ4v) is 2.72. The minimum atomic E-state index is -0.313.